The zero-order valence-corrected chi connectivity index (χ0v) is 16.1. The van der Waals surface area contributed by atoms with Gasteiger partial charge in [0.2, 0.25) is 5.91 Å². The van der Waals surface area contributed by atoms with Crippen LogP contribution in [0.2, 0.25) is 0 Å². The molecule has 2 aliphatic rings. The second-order valence-electron chi connectivity index (χ2n) is 7.86. The molecule has 2 saturated heterocycles. The van der Waals surface area contributed by atoms with E-state index in [2.05, 4.69) is 4.98 Å². The summed E-state index contributed by atoms with van der Waals surface area (Å²) in [5, 5.41) is 0. The number of amides is 2. The van der Waals surface area contributed by atoms with Gasteiger partial charge >= 0.3 is 0 Å². The first-order valence-electron chi connectivity index (χ1n) is 9.67. The molecule has 6 heteroatoms. The molecule has 2 fully saturated rings. The Labute approximate surface area is 165 Å². The van der Waals surface area contributed by atoms with Crippen molar-refractivity contribution in [3.8, 4) is 0 Å². The number of benzene rings is 1. The standard InChI is InChI=1S/C22H25N3O3/c1-17-7-8-18(12-23-17)11-20(26)24-10-9-22(14-24)15-25(21(27)13-28-16-22)19-5-3-2-4-6-19/h2-8,12H,9-11,13-16H2,1H3. The summed E-state index contributed by atoms with van der Waals surface area (Å²) < 4.78 is 5.72. The van der Waals surface area contributed by atoms with Crippen LogP contribution in [0.5, 0.6) is 0 Å². The minimum atomic E-state index is -0.219. The molecule has 2 aromatic rings. The lowest BCUT2D eigenvalue weighted by Crippen LogP contribution is -2.43. The van der Waals surface area contributed by atoms with Crippen LogP contribution in [0.4, 0.5) is 5.69 Å². The molecule has 1 aromatic carbocycles. The van der Waals surface area contributed by atoms with Gasteiger partial charge in [-0.1, -0.05) is 24.3 Å². The maximum Gasteiger partial charge on any atom is 0.252 e. The van der Waals surface area contributed by atoms with Crippen molar-refractivity contribution in [1.82, 2.24) is 9.88 Å². The van der Waals surface area contributed by atoms with Crippen LogP contribution in [0, 0.1) is 12.3 Å². The summed E-state index contributed by atoms with van der Waals surface area (Å²) in [5.74, 6) is 0.0722. The Morgan fingerprint density at radius 3 is 2.75 bits per heavy atom. The number of pyridine rings is 1. The molecule has 146 valence electrons. The predicted molar refractivity (Wildman–Crippen MR) is 106 cm³/mol. The predicted octanol–water partition coefficient (Wildman–Crippen LogP) is 2.21. The summed E-state index contributed by atoms with van der Waals surface area (Å²) in [4.78, 5) is 33.3. The lowest BCUT2D eigenvalue weighted by molar-refractivity contribution is -0.130. The van der Waals surface area contributed by atoms with Crippen molar-refractivity contribution < 1.29 is 14.3 Å². The van der Waals surface area contributed by atoms with Crippen LogP contribution < -0.4 is 4.90 Å². The monoisotopic (exact) mass is 379 g/mol. The number of nitrogens with zero attached hydrogens (tertiary/aromatic N) is 3. The number of anilines is 1. The fourth-order valence-electron chi connectivity index (χ4n) is 4.03. The van der Waals surface area contributed by atoms with Crippen molar-refractivity contribution in [3.63, 3.8) is 0 Å². The number of para-hydroxylation sites is 1. The zero-order chi connectivity index (χ0) is 19.6. The van der Waals surface area contributed by atoms with Gasteiger partial charge in [-0.15, -0.1) is 0 Å². The smallest absolute Gasteiger partial charge is 0.252 e. The minimum Gasteiger partial charge on any atom is -0.371 e. The molecule has 1 unspecified atom stereocenters. The SMILES string of the molecule is Cc1ccc(CC(=O)N2CCC3(COCC(=O)N(c4ccccc4)C3)C2)cn1. The highest BCUT2D eigenvalue weighted by atomic mass is 16.5. The molecule has 4 rings (SSSR count). The average molecular weight is 379 g/mol. The molecule has 1 atom stereocenters. The molecule has 0 N–H and O–H groups in total. The Morgan fingerprint density at radius 1 is 1.18 bits per heavy atom. The zero-order valence-electron chi connectivity index (χ0n) is 16.1. The molecule has 28 heavy (non-hydrogen) atoms. The first-order chi connectivity index (χ1) is 13.5. The third-order valence-corrected chi connectivity index (χ3v) is 5.62. The molecule has 0 radical (unpaired) electrons. The highest BCUT2D eigenvalue weighted by Crippen LogP contribution is 2.35. The van der Waals surface area contributed by atoms with Gasteiger partial charge in [0.1, 0.15) is 6.61 Å². The molecule has 1 aromatic heterocycles. The fourth-order valence-corrected chi connectivity index (χ4v) is 4.03. The molecule has 0 aliphatic carbocycles. The first-order valence-corrected chi connectivity index (χ1v) is 9.67. The normalized spacial score (nSPS) is 22.5. The third-order valence-electron chi connectivity index (χ3n) is 5.62. The molecule has 6 nitrogen and oxygen atoms in total. The van der Waals surface area contributed by atoms with E-state index in [4.69, 9.17) is 4.74 Å². The number of hydrogen-bond donors (Lipinski definition) is 0. The van der Waals surface area contributed by atoms with E-state index < -0.39 is 0 Å². The lowest BCUT2D eigenvalue weighted by atomic mass is 9.87. The Hall–Kier alpha value is -2.73. The van der Waals surface area contributed by atoms with E-state index in [1.165, 1.54) is 0 Å². The average Bonchev–Trinajstić information content (AvgIpc) is 3.05. The minimum absolute atomic E-state index is 0.0291. The number of aromatic nitrogens is 1. The Bertz CT molecular complexity index is 853. The highest BCUT2D eigenvalue weighted by molar-refractivity contribution is 5.94. The topological polar surface area (TPSA) is 62.7 Å². The van der Waals surface area contributed by atoms with Crippen LogP contribution in [0.1, 0.15) is 17.7 Å². The quantitative estimate of drug-likeness (QED) is 0.820. The molecule has 2 amide bonds. The van der Waals surface area contributed by atoms with Gasteiger partial charge in [-0.05, 0) is 37.1 Å². The Morgan fingerprint density at radius 2 is 2.00 bits per heavy atom. The van der Waals surface area contributed by atoms with Gasteiger partial charge in [0.25, 0.3) is 5.91 Å². The van der Waals surface area contributed by atoms with Crippen molar-refractivity contribution in [2.24, 2.45) is 5.41 Å². The number of carbonyl (C=O) groups is 2. The Kier molecular flexibility index (Phi) is 5.13. The number of aryl methyl sites for hydroxylation is 1. The lowest BCUT2D eigenvalue weighted by Gasteiger charge is -2.32. The van der Waals surface area contributed by atoms with Gasteiger partial charge in [0.05, 0.1) is 13.0 Å². The van der Waals surface area contributed by atoms with Crippen molar-refractivity contribution in [2.45, 2.75) is 19.8 Å². The maximum absolute atomic E-state index is 12.8. The summed E-state index contributed by atoms with van der Waals surface area (Å²) in [5.41, 5.74) is 2.53. The largest absolute Gasteiger partial charge is 0.371 e. The summed E-state index contributed by atoms with van der Waals surface area (Å²) in [6, 6.07) is 13.6. The van der Waals surface area contributed by atoms with Gasteiger partial charge in [-0.25, -0.2) is 0 Å². The number of carbonyl (C=O) groups excluding carboxylic acids is 2. The van der Waals surface area contributed by atoms with E-state index in [0.717, 1.165) is 23.4 Å². The van der Waals surface area contributed by atoms with Gasteiger partial charge in [-0.3, -0.25) is 14.6 Å². The van der Waals surface area contributed by atoms with E-state index in [1.54, 1.807) is 6.20 Å². The van der Waals surface area contributed by atoms with Crippen LogP contribution in [0.25, 0.3) is 0 Å². The molecular formula is C22H25N3O3. The van der Waals surface area contributed by atoms with Gasteiger partial charge in [0.15, 0.2) is 0 Å². The molecule has 0 saturated carbocycles. The van der Waals surface area contributed by atoms with Gasteiger partial charge in [0, 0.05) is 42.6 Å². The van der Waals surface area contributed by atoms with E-state index in [-0.39, 0.29) is 23.8 Å². The van der Waals surface area contributed by atoms with Crippen molar-refractivity contribution in [2.75, 3.05) is 37.7 Å². The van der Waals surface area contributed by atoms with Gasteiger partial charge < -0.3 is 14.5 Å². The maximum atomic E-state index is 12.8. The highest BCUT2D eigenvalue weighted by Gasteiger charge is 2.44. The number of ether oxygens (including phenoxy) is 1. The summed E-state index contributed by atoms with van der Waals surface area (Å²) in [7, 11) is 0. The van der Waals surface area contributed by atoms with Crippen LogP contribution in [0.15, 0.2) is 48.7 Å². The van der Waals surface area contributed by atoms with Crippen LogP contribution in [0.3, 0.4) is 0 Å². The second-order valence-corrected chi connectivity index (χ2v) is 7.86. The van der Waals surface area contributed by atoms with E-state index in [1.807, 2.05) is 59.2 Å². The molecular weight excluding hydrogens is 354 g/mol. The second kappa shape index (κ2) is 7.72. The van der Waals surface area contributed by atoms with Crippen molar-refractivity contribution in [3.05, 3.63) is 59.9 Å². The summed E-state index contributed by atoms with van der Waals surface area (Å²) in [6.45, 7) is 4.39. The molecule has 1 spiro atoms. The number of likely N-dealkylation sites (tertiary alicyclic amines) is 1. The fraction of sp³-hybridized carbons (Fsp3) is 0.409. The van der Waals surface area contributed by atoms with Gasteiger partial charge in [-0.2, -0.15) is 0 Å². The first kappa shape index (κ1) is 18.6. The summed E-state index contributed by atoms with van der Waals surface area (Å²) >= 11 is 0. The molecule has 0 bridgehead atoms. The summed E-state index contributed by atoms with van der Waals surface area (Å²) in [6.07, 6.45) is 2.96. The molecule has 2 aliphatic heterocycles. The van der Waals surface area contributed by atoms with Crippen molar-refractivity contribution >= 4 is 17.5 Å². The van der Waals surface area contributed by atoms with E-state index in [9.17, 15) is 9.59 Å². The third kappa shape index (κ3) is 3.92. The van der Waals surface area contributed by atoms with Crippen molar-refractivity contribution in [1.29, 1.82) is 0 Å². The van der Waals surface area contributed by atoms with Crippen LogP contribution >= 0.6 is 0 Å². The van der Waals surface area contributed by atoms with Crippen LogP contribution in [-0.2, 0) is 20.7 Å². The molecule has 3 heterocycles. The van der Waals surface area contributed by atoms with E-state index >= 15 is 0 Å². The number of hydrogen-bond acceptors (Lipinski definition) is 4. The Balaban J connectivity index is 1.47. The number of rotatable bonds is 3. The van der Waals surface area contributed by atoms with Crippen LogP contribution in [-0.4, -0.2) is 54.5 Å². The van der Waals surface area contributed by atoms with E-state index in [0.29, 0.717) is 32.7 Å².